The largest absolute Gasteiger partial charge is 0.386 e. The van der Waals surface area contributed by atoms with Crippen LogP contribution in [0.1, 0.15) is 32.6 Å². The zero-order valence-electron chi connectivity index (χ0n) is 9.40. The highest BCUT2D eigenvalue weighted by Gasteiger charge is 2.21. The molecule has 0 saturated carbocycles. The van der Waals surface area contributed by atoms with E-state index in [2.05, 4.69) is 4.74 Å². The second-order valence-electron chi connectivity index (χ2n) is 3.38. The molecule has 0 aromatic carbocycles. The van der Waals surface area contributed by atoms with Gasteiger partial charge in [-0.1, -0.05) is 13.3 Å². The summed E-state index contributed by atoms with van der Waals surface area (Å²) in [6, 6.07) is -0.875. The molecule has 0 unspecified atom stereocenters. The molecule has 0 aliphatic heterocycles. The van der Waals surface area contributed by atoms with Crippen LogP contribution in [0.25, 0.3) is 0 Å². The molecule has 0 bridgehead atoms. The van der Waals surface area contributed by atoms with Crippen molar-refractivity contribution < 1.29 is 19.1 Å². The van der Waals surface area contributed by atoms with Gasteiger partial charge in [-0.25, -0.2) is 9.59 Å². The molecule has 0 aromatic rings. The van der Waals surface area contributed by atoms with E-state index >= 15 is 0 Å². The minimum absolute atomic E-state index is 0.00846. The molecule has 0 amide bonds. The third-order valence-electron chi connectivity index (χ3n) is 2.01. The number of esters is 2. The van der Waals surface area contributed by atoms with Crippen LogP contribution in [0.4, 0.5) is 0 Å². The zero-order valence-corrected chi connectivity index (χ0v) is 9.40. The topological polar surface area (TPSA) is 112 Å². The van der Waals surface area contributed by atoms with Crippen LogP contribution < -0.4 is 11.5 Å². The van der Waals surface area contributed by atoms with Gasteiger partial charge >= 0.3 is 11.9 Å². The van der Waals surface area contributed by atoms with E-state index in [1.165, 1.54) is 6.92 Å². The Hall–Kier alpha value is -1.27. The van der Waals surface area contributed by atoms with Crippen LogP contribution >= 0.6 is 0 Å². The quantitative estimate of drug-likeness (QED) is 0.263. The Labute approximate surface area is 94.3 Å². The van der Waals surface area contributed by atoms with Crippen molar-refractivity contribution in [3.05, 3.63) is 0 Å². The van der Waals surface area contributed by atoms with E-state index in [1.807, 2.05) is 0 Å². The highest BCUT2D eigenvalue weighted by Crippen LogP contribution is 2.00. The molecule has 0 rings (SSSR count). The van der Waals surface area contributed by atoms with E-state index in [0.29, 0.717) is 19.4 Å². The minimum atomic E-state index is -1.14. The number of hydrogen-bond donors (Lipinski definition) is 2. The van der Waals surface area contributed by atoms with E-state index < -0.39 is 23.8 Å². The summed E-state index contributed by atoms with van der Waals surface area (Å²) in [5.74, 6) is -2.73. The van der Waals surface area contributed by atoms with E-state index in [4.69, 9.17) is 11.5 Å². The summed E-state index contributed by atoms with van der Waals surface area (Å²) in [4.78, 5) is 33.0. The first kappa shape index (κ1) is 14.7. The fourth-order valence-electron chi connectivity index (χ4n) is 0.995. The number of Topliss-reactive ketones (excluding diaryl/α,β-unsaturated/α-hetero) is 1. The van der Waals surface area contributed by atoms with Crippen molar-refractivity contribution in [2.45, 2.75) is 38.6 Å². The number of hydrogen-bond acceptors (Lipinski definition) is 6. The van der Waals surface area contributed by atoms with Crippen LogP contribution in [0.15, 0.2) is 0 Å². The summed E-state index contributed by atoms with van der Waals surface area (Å²) in [6.07, 6.45) is 1.84. The summed E-state index contributed by atoms with van der Waals surface area (Å²) in [6.45, 7) is 2.03. The van der Waals surface area contributed by atoms with Gasteiger partial charge in [-0.2, -0.15) is 0 Å². The number of unbranched alkanes of at least 4 members (excludes halogenated alkanes) is 1. The second kappa shape index (κ2) is 7.95. The van der Waals surface area contributed by atoms with Gasteiger partial charge < -0.3 is 16.2 Å². The maximum absolute atomic E-state index is 11.2. The van der Waals surface area contributed by atoms with Gasteiger partial charge in [0.15, 0.2) is 0 Å². The first-order chi connectivity index (χ1) is 7.52. The lowest BCUT2D eigenvalue weighted by atomic mass is 10.1. The summed E-state index contributed by atoms with van der Waals surface area (Å²) in [5.41, 5.74) is 10.7. The third kappa shape index (κ3) is 5.57. The number of rotatable bonds is 7. The second-order valence-corrected chi connectivity index (χ2v) is 3.38. The molecule has 0 fully saturated rings. The molecule has 0 heterocycles. The molecule has 0 aliphatic carbocycles. The molecular weight excluding hydrogens is 212 g/mol. The van der Waals surface area contributed by atoms with E-state index in [-0.39, 0.29) is 6.42 Å². The number of carbonyl (C=O) groups excluding carboxylic acids is 3. The summed E-state index contributed by atoms with van der Waals surface area (Å²) in [5, 5.41) is 0. The van der Waals surface area contributed by atoms with E-state index in [0.717, 1.165) is 6.42 Å². The van der Waals surface area contributed by atoms with E-state index in [9.17, 15) is 14.4 Å². The predicted molar refractivity (Wildman–Crippen MR) is 57.3 cm³/mol. The van der Waals surface area contributed by atoms with Crippen molar-refractivity contribution in [1.29, 1.82) is 0 Å². The average Bonchev–Trinajstić information content (AvgIpc) is 2.27. The molecule has 6 nitrogen and oxygen atoms in total. The lowest BCUT2D eigenvalue weighted by Gasteiger charge is -2.08. The number of nitrogens with two attached hydrogens (primary N) is 2. The first-order valence-electron chi connectivity index (χ1n) is 5.27. The van der Waals surface area contributed by atoms with Gasteiger partial charge in [0.25, 0.3) is 0 Å². The summed E-state index contributed by atoms with van der Waals surface area (Å²) in [7, 11) is 0. The van der Waals surface area contributed by atoms with Crippen LogP contribution in [-0.2, 0) is 19.1 Å². The molecule has 0 aliphatic rings. The normalized spacial score (nSPS) is 11.9. The van der Waals surface area contributed by atoms with Crippen molar-refractivity contribution in [3.63, 3.8) is 0 Å². The highest BCUT2D eigenvalue weighted by atomic mass is 16.6. The molecule has 92 valence electrons. The van der Waals surface area contributed by atoms with Crippen LogP contribution in [0.2, 0.25) is 0 Å². The van der Waals surface area contributed by atoms with Gasteiger partial charge in [0.2, 0.25) is 5.78 Å². The Morgan fingerprint density at radius 2 is 1.88 bits per heavy atom. The molecule has 0 spiro atoms. The lowest BCUT2D eigenvalue weighted by Crippen LogP contribution is -2.35. The summed E-state index contributed by atoms with van der Waals surface area (Å²) < 4.78 is 4.31. The molecule has 0 aromatic heterocycles. The zero-order chi connectivity index (χ0) is 12.6. The fourth-order valence-corrected chi connectivity index (χ4v) is 0.995. The average molecular weight is 230 g/mol. The van der Waals surface area contributed by atoms with Gasteiger partial charge in [-0.3, -0.25) is 4.79 Å². The van der Waals surface area contributed by atoms with Crippen LogP contribution in [0, 0.1) is 0 Å². The smallest absolute Gasteiger partial charge is 0.382 e. The Morgan fingerprint density at radius 3 is 2.38 bits per heavy atom. The van der Waals surface area contributed by atoms with Crippen molar-refractivity contribution in [3.8, 4) is 0 Å². The Kier molecular flexibility index (Phi) is 7.32. The van der Waals surface area contributed by atoms with Crippen LogP contribution in [0.3, 0.4) is 0 Å². The Morgan fingerprint density at radius 1 is 1.25 bits per heavy atom. The van der Waals surface area contributed by atoms with Crippen molar-refractivity contribution in [2.75, 3.05) is 6.54 Å². The lowest BCUT2D eigenvalue weighted by molar-refractivity contribution is -0.165. The van der Waals surface area contributed by atoms with Gasteiger partial charge in [0.05, 0.1) is 0 Å². The van der Waals surface area contributed by atoms with E-state index in [1.54, 1.807) is 0 Å². The van der Waals surface area contributed by atoms with Gasteiger partial charge in [-0.05, 0) is 19.4 Å². The van der Waals surface area contributed by atoms with Gasteiger partial charge in [0.1, 0.15) is 6.04 Å². The van der Waals surface area contributed by atoms with Crippen molar-refractivity contribution >= 4 is 17.7 Å². The highest BCUT2D eigenvalue weighted by molar-refractivity contribution is 6.35. The van der Waals surface area contributed by atoms with Crippen molar-refractivity contribution in [1.82, 2.24) is 0 Å². The Bertz CT molecular complexity index is 266. The number of ketones is 1. The Balaban J connectivity index is 3.95. The molecule has 0 radical (unpaired) electrons. The predicted octanol–water partition coefficient (Wildman–Crippen LogP) is -0.508. The van der Waals surface area contributed by atoms with Crippen LogP contribution in [0.5, 0.6) is 0 Å². The summed E-state index contributed by atoms with van der Waals surface area (Å²) >= 11 is 0. The third-order valence-corrected chi connectivity index (χ3v) is 2.01. The molecule has 1 atom stereocenters. The van der Waals surface area contributed by atoms with Gasteiger partial charge in [0, 0.05) is 6.42 Å². The maximum Gasteiger partial charge on any atom is 0.382 e. The molecule has 4 N–H and O–H groups in total. The molecule has 6 heteroatoms. The molecule has 16 heavy (non-hydrogen) atoms. The number of carbonyl (C=O) groups is 3. The standard InChI is InChI=1S/C10H18N2O4/c1-2-8(13)10(15)16-9(14)7(12)5-3-4-6-11/h7H,2-6,11-12H2,1H3/t7-/m0/s1. The van der Waals surface area contributed by atoms with Crippen molar-refractivity contribution in [2.24, 2.45) is 11.5 Å². The maximum atomic E-state index is 11.2. The molecular formula is C10H18N2O4. The monoisotopic (exact) mass is 230 g/mol. The van der Waals surface area contributed by atoms with Crippen LogP contribution in [-0.4, -0.2) is 30.3 Å². The first-order valence-corrected chi connectivity index (χ1v) is 5.27. The fraction of sp³-hybridized carbons (Fsp3) is 0.700. The SMILES string of the molecule is CCC(=O)C(=O)OC(=O)[C@@H](N)CCCCN. The van der Waals surface area contributed by atoms with Gasteiger partial charge in [-0.15, -0.1) is 0 Å². The minimum Gasteiger partial charge on any atom is -0.386 e. The molecule has 0 saturated heterocycles. The number of ether oxygens (including phenoxy) is 1.